The van der Waals surface area contributed by atoms with Gasteiger partial charge in [-0.3, -0.25) is 0 Å². The molecule has 4 aliphatic carbocycles. The van der Waals surface area contributed by atoms with Crippen LogP contribution >= 0.6 is 11.6 Å². The molecule has 5 rings (SSSR count). The Morgan fingerprint density at radius 3 is 2.29 bits per heavy atom. The Labute approximate surface area is 130 Å². The van der Waals surface area contributed by atoms with Crippen LogP contribution in [0.25, 0.3) is 0 Å². The van der Waals surface area contributed by atoms with E-state index in [1.165, 1.54) is 38.2 Å². The number of ether oxygens (including phenoxy) is 1. The van der Waals surface area contributed by atoms with E-state index in [9.17, 15) is 4.39 Å². The highest BCUT2D eigenvalue weighted by atomic mass is 35.5. The molecule has 0 aromatic heterocycles. The molecule has 0 N–H and O–H groups in total. The molecule has 1 aromatic carbocycles. The third-order valence-electron chi connectivity index (χ3n) is 6.13. The highest BCUT2D eigenvalue weighted by molar-refractivity contribution is 6.21. The quantitative estimate of drug-likeness (QED) is 0.699. The van der Waals surface area contributed by atoms with Gasteiger partial charge in [0.15, 0.2) is 0 Å². The first-order valence-electron chi connectivity index (χ1n) is 8.13. The van der Waals surface area contributed by atoms with Gasteiger partial charge in [-0.25, -0.2) is 4.39 Å². The second-order valence-electron chi connectivity index (χ2n) is 7.30. The predicted octanol–water partition coefficient (Wildman–Crippen LogP) is 5.19. The zero-order valence-electron chi connectivity index (χ0n) is 12.4. The van der Waals surface area contributed by atoms with Crippen LogP contribution in [0.15, 0.2) is 18.2 Å². The summed E-state index contributed by atoms with van der Waals surface area (Å²) < 4.78 is 19.1. The molecule has 4 aliphatic rings. The van der Waals surface area contributed by atoms with Gasteiger partial charge in [0.25, 0.3) is 0 Å². The molecule has 0 saturated heterocycles. The minimum Gasteiger partial charge on any atom is -0.496 e. The summed E-state index contributed by atoms with van der Waals surface area (Å²) in [6.45, 7) is 0. The van der Waals surface area contributed by atoms with Gasteiger partial charge in [-0.15, -0.1) is 11.6 Å². The first-order chi connectivity index (χ1) is 10.2. The summed E-state index contributed by atoms with van der Waals surface area (Å²) >= 11 is 6.86. The second kappa shape index (κ2) is 5.15. The van der Waals surface area contributed by atoms with E-state index in [0.29, 0.717) is 5.92 Å². The van der Waals surface area contributed by atoms with E-state index < -0.39 is 0 Å². The van der Waals surface area contributed by atoms with Crippen molar-refractivity contribution in [2.75, 3.05) is 7.11 Å². The Bertz CT molecular complexity index is 516. The Morgan fingerprint density at radius 2 is 1.71 bits per heavy atom. The number of rotatable bonds is 3. The number of hydrogen-bond acceptors (Lipinski definition) is 1. The average molecular weight is 309 g/mol. The largest absolute Gasteiger partial charge is 0.496 e. The fourth-order valence-corrected chi connectivity index (χ4v) is 6.16. The zero-order valence-corrected chi connectivity index (χ0v) is 13.2. The minimum atomic E-state index is -0.222. The zero-order chi connectivity index (χ0) is 14.6. The van der Waals surface area contributed by atoms with Crippen LogP contribution in [0.3, 0.4) is 0 Å². The highest BCUT2D eigenvalue weighted by Crippen LogP contribution is 2.61. The highest BCUT2D eigenvalue weighted by Gasteiger charge is 2.50. The van der Waals surface area contributed by atoms with Crippen molar-refractivity contribution in [2.24, 2.45) is 29.6 Å². The first kappa shape index (κ1) is 13.9. The van der Waals surface area contributed by atoms with Gasteiger partial charge in [-0.2, -0.15) is 0 Å². The van der Waals surface area contributed by atoms with Crippen LogP contribution in [0.4, 0.5) is 4.39 Å². The van der Waals surface area contributed by atoms with Crippen molar-refractivity contribution in [3.05, 3.63) is 29.6 Å². The molecule has 1 unspecified atom stereocenters. The maximum absolute atomic E-state index is 13.7. The lowest BCUT2D eigenvalue weighted by molar-refractivity contribution is -0.0383. The molecule has 0 amide bonds. The molecule has 4 bridgehead atoms. The molecule has 4 saturated carbocycles. The van der Waals surface area contributed by atoms with Crippen LogP contribution in [0.5, 0.6) is 5.75 Å². The molecule has 1 aromatic rings. The minimum absolute atomic E-state index is 0.120. The van der Waals surface area contributed by atoms with E-state index in [-0.39, 0.29) is 11.2 Å². The lowest BCUT2D eigenvalue weighted by Gasteiger charge is -2.55. The van der Waals surface area contributed by atoms with Gasteiger partial charge in [0.05, 0.1) is 12.5 Å². The summed E-state index contributed by atoms with van der Waals surface area (Å²) in [6, 6.07) is 4.72. The van der Waals surface area contributed by atoms with E-state index in [4.69, 9.17) is 16.3 Å². The SMILES string of the molecule is COc1ccc(F)cc1C(Cl)C1C2CC3CC(C2)CC1C3. The Hall–Kier alpha value is -0.760. The molecule has 1 nitrogen and oxygen atoms in total. The van der Waals surface area contributed by atoms with Gasteiger partial charge in [0.2, 0.25) is 0 Å². The molecule has 0 spiro atoms. The number of methoxy groups -OCH3 is 1. The Morgan fingerprint density at radius 1 is 1.10 bits per heavy atom. The van der Waals surface area contributed by atoms with Crippen LogP contribution < -0.4 is 4.74 Å². The maximum Gasteiger partial charge on any atom is 0.123 e. The molecule has 4 fully saturated rings. The normalized spacial score (nSPS) is 38.5. The van der Waals surface area contributed by atoms with Gasteiger partial charge in [0, 0.05) is 5.56 Å². The number of halogens is 2. The van der Waals surface area contributed by atoms with Crippen LogP contribution in [0, 0.1) is 35.4 Å². The fourth-order valence-electron chi connectivity index (χ4n) is 5.57. The predicted molar refractivity (Wildman–Crippen MR) is 82.1 cm³/mol. The molecule has 0 heterocycles. The summed E-state index contributed by atoms with van der Waals surface area (Å²) in [5, 5.41) is -0.120. The smallest absolute Gasteiger partial charge is 0.123 e. The molecule has 114 valence electrons. The molecule has 0 aliphatic heterocycles. The summed E-state index contributed by atoms with van der Waals surface area (Å²) in [6.07, 6.45) is 6.77. The van der Waals surface area contributed by atoms with Crippen LogP contribution in [0.1, 0.15) is 43.0 Å². The van der Waals surface area contributed by atoms with Crippen molar-refractivity contribution in [2.45, 2.75) is 37.5 Å². The number of alkyl halides is 1. The summed E-state index contributed by atoms with van der Waals surface area (Å²) in [4.78, 5) is 0. The molecule has 1 atom stereocenters. The summed E-state index contributed by atoms with van der Waals surface area (Å²) in [5.74, 6) is 4.33. The maximum atomic E-state index is 13.7. The molecule has 3 heteroatoms. The van der Waals surface area contributed by atoms with E-state index in [2.05, 4.69) is 0 Å². The molecular weight excluding hydrogens is 287 g/mol. The van der Waals surface area contributed by atoms with Crippen molar-refractivity contribution < 1.29 is 9.13 Å². The van der Waals surface area contributed by atoms with Crippen molar-refractivity contribution in [3.63, 3.8) is 0 Å². The van der Waals surface area contributed by atoms with E-state index in [1.54, 1.807) is 19.2 Å². The van der Waals surface area contributed by atoms with Gasteiger partial charge in [0.1, 0.15) is 11.6 Å². The van der Waals surface area contributed by atoms with Gasteiger partial charge >= 0.3 is 0 Å². The van der Waals surface area contributed by atoms with Crippen molar-refractivity contribution >= 4 is 11.6 Å². The van der Waals surface area contributed by atoms with E-state index >= 15 is 0 Å². The monoisotopic (exact) mass is 308 g/mol. The topological polar surface area (TPSA) is 9.23 Å². The van der Waals surface area contributed by atoms with Crippen molar-refractivity contribution in [1.82, 2.24) is 0 Å². The van der Waals surface area contributed by atoms with E-state index in [0.717, 1.165) is 35.0 Å². The van der Waals surface area contributed by atoms with E-state index in [1.807, 2.05) is 0 Å². The van der Waals surface area contributed by atoms with Crippen LogP contribution in [0.2, 0.25) is 0 Å². The fraction of sp³-hybridized carbons (Fsp3) is 0.667. The standard InChI is InChI=1S/C18H22ClFO/c1-21-16-3-2-14(20)9-15(16)18(19)17-12-5-10-4-11(7-12)8-13(17)6-10/h2-3,9-13,17-18H,4-8H2,1H3. The second-order valence-corrected chi connectivity index (χ2v) is 7.77. The van der Waals surface area contributed by atoms with Crippen molar-refractivity contribution in [3.8, 4) is 5.75 Å². The van der Waals surface area contributed by atoms with Crippen LogP contribution in [-0.2, 0) is 0 Å². The van der Waals surface area contributed by atoms with Crippen LogP contribution in [-0.4, -0.2) is 7.11 Å². The first-order valence-corrected chi connectivity index (χ1v) is 8.57. The molecule has 0 radical (unpaired) electrons. The van der Waals surface area contributed by atoms with Gasteiger partial charge in [-0.05, 0) is 79.9 Å². The van der Waals surface area contributed by atoms with Gasteiger partial charge in [-0.1, -0.05) is 0 Å². The Balaban J connectivity index is 1.66. The lowest BCUT2D eigenvalue weighted by Crippen LogP contribution is -2.46. The van der Waals surface area contributed by atoms with Crippen molar-refractivity contribution in [1.29, 1.82) is 0 Å². The number of benzene rings is 1. The third-order valence-corrected chi connectivity index (χ3v) is 6.65. The number of hydrogen-bond donors (Lipinski definition) is 0. The summed E-state index contributed by atoms with van der Waals surface area (Å²) in [7, 11) is 1.64. The van der Waals surface area contributed by atoms with Gasteiger partial charge < -0.3 is 4.74 Å². The molecular formula is C18H22ClFO. The summed E-state index contributed by atoms with van der Waals surface area (Å²) in [5.41, 5.74) is 0.844. The lowest BCUT2D eigenvalue weighted by atomic mass is 9.51. The Kier molecular flexibility index (Phi) is 3.40. The third kappa shape index (κ3) is 2.27. The average Bonchev–Trinajstić information content (AvgIpc) is 2.46. The molecule has 21 heavy (non-hydrogen) atoms.